The second-order valence-corrected chi connectivity index (χ2v) is 6.29. The van der Waals surface area contributed by atoms with Gasteiger partial charge in [-0.3, -0.25) is 9.59 Å². The number of rotatable bonds is 8. The first-order valence-corrected chi connectivity index (χ1v) is 8.68. The first-order valence-electron chi connectivity index (χ1n) is 7.31. The van der Waals surface area contributed by atoms with Crippen LogP contribution in [0, 0.1) is 0 Å². The van der Waals surface area contributed by atoms with E-state index in [0.717, 1.165) is 4.90 Å². The van der Waals surface area contributed by atoms with Crippen LogP contribution in [-0.4, -0.2) is 30.8 Å². The summed E-state index contributed by atoms with van der Waals surface area (Å²) in [5, 5.41) is 2.36. The lowest BCUT2D eigenvalue weighted by Gasteiger charge is -2.10. The highest BCUT2D eigenvalue weighted by molar-refractivity contribution is 8.00. The molecule has 0 saturated heterocycles. The average molecular weight is 402 g/mol. The van der Waals surface area contributed by atoms with E-state index in [4.69, 9.17) is 16.3 Å². The van der Waals surface area contributed by atoms with E-state index >= 15 is 0 Å². The number of anilines is 1. The summed E-state index contributed by atoms with van der Waals surface area (Å²) in [7, 11) is 0. The van der Waals surface area contributed by atoms with E-state index in [1.807, 2.05) is 30.3 Å². The molecule has 5 nitrogen and oxygen atoms in total. The zero-order chi connectivity index (χ0) is 18.9. The van der Waals surface area contributed by atoms with E-state index < -0.39 is 25.1 Å². The zero-order valence-corrected chi connectivity index (χ0v) is 14.9. The first-order chi connectivity index (χ1) is 12.4. The lowest BCUT2D eigenvalue weighted by Crippen LogP contribution is -2.21. The molecule has 0 aliphatic rings. The average Bonchev–Trinajstić information content (AvgIpc) is 2.61. The molecule has 0 aliphatic heterocycles. The molecule has 138 valence electrons. The summed E-state index contributed by atoms with van der Waals surface area (Å²) in [6.07, 6.45) is 0. The minimum atomic E-state index is -3.00. The Kier molecular flexibility index (Phi) is 7.68. The fourth-order valence-corrected chi connectivity index (χ4v) is 2.76. The Bertz CT molecular complexity index is 762. The number of carbonyl (C=O) groups excluding carboxylic acids is 2. The van der Waals surface area contributed by atoms with Crippen molar-refractivity contribution in [2.75, 3.05) is 17.7 Å². The van der Waals surface area contributed by atoms with Gasteiger partial charge in [0.25, 0.3) is 5.91 Å². The third-order valence-electron chi connectivity index (χ3n) is 2.90. The minimum absolute atomic E-state index is 0.0722. The van der Waals surface area contributed by atoms with Crippen molar-refractivity contribution in [3.8, 4) is 5.75 Å². The molecule has 2 aromatic carbocycles. The van der Waals surface area contributed by atoms with Gasteiger partial charge in [0.05, 0.1) is 10.8 Å². The molecule has 0 heterocycles. The fraction of sp³-hybridized carbons (Fsp3) is 0.176. The Balaban J connectivity index is 1.76. The van der Waals surface area contributed by atoms with Gasteiger partial charge in [0, 0.05) is 10.6 Å². The van der Waals surface area contributed by atoms with Gasteiger partial charge in [-0.25, -0.2) is 0 Å². The van der Waals surface area contributed by atoms with Crippen molar-refractivity contribution in [1.29, 1.82) is 0 Å². The zero-order valence-electron chi connectivity index (χ0n) is 13.3. The maximum Gasteiger partial charge on any atom is 0.387 e. The number of nitrogens with one attached hydrogen (secondary N) is 1. The van der Waals surface area contributed by atoms with Crippen LogP contribution in [0.25, 0.3) is 0 Å². The number of hydrogen-bond acceptors (Lipinski definition) is 5. The highest BCUT2D eigenvalue weighted by atomic mass is 35.5. The van der Waals surface area contributed by atoms with E-state index in [1.165, 1.54) is 30.0 Å². The number of amides is 1. The van der Waals surface area contributed by atoms with Crippen molar-refractivity contribution >= 4 is 40.9 Å². The summed E-state index contributed by atoms with van der Waals surface area (Å²) in [5.74, 6) is -1.25. The Morgan fingerprint density at radius 3 is 2.54 bits per heavy atom. The summed E-state index contributed by atoms with van der Waals surface area (Å²) in [6.45, 7) is -3.47. The Morgan fingerprint density at radius 1 is 1.15 bits per heavy atom. The van der Waals surface area contributed by atoms with Crippen LogP contribution in [0.15, 0.2) is 53.4 Å². The topological polar surface area (TPSA) is 64.6 Å². The number of carbonyl (C=O) groups is 2. The van der Waals surface area contributed by atoms with Gasteiger partial charge in [0.2, 0.25) is 0 Å². The molecule has 0 aromatic heterocycles. The third-order valence-corrected chi connectivity index (χ3v) is 4.18. The number of esters is 1. The van der Waals surface area contributed by atoms with Gasteiger partial charge in [0.15, 0.2) is 6.61 Å². The molecular weight excluding hydrogens is 388 g/mol. The van der Waals surface area contributed by atoms with Crippen molar-refractivity contribution in [3.05, 3.63) is 53.6 Å². The number of benzene rings is 2. The van der Waals surface area contributed by atoms with Crippen LogP contribution in [0.5, 0.6) is 5.75 Å². The summed E-state index contributed by atoms with van der Waals surface area (Å²) < 4.78 is 33.4. The smallest absolute Gasteiger partial charge is 0.387 e. The molecule has 2 rings (SSSR count). The van der Waals surface area contributed by atoms with Crippen LogP contribution in [0.2, 0.25) is 5.02 Å². The first kappa shape index (κ1) is 20.0. The third kappa shape index (κ3) is 6.89. The van der Waals surface area contributed by atoms with Crippen LogP contribution in [0.1, 0.15) is 0 Å². The molecule has 0 unspecified atom stereocenters. The molecule has 1 amide bonds. The van der Waals surface area contributed by atoms with E-state index in [9.17, 15) is 18.4 Å². The quantitative estimate of drug-likeness (QED) is 0.530. The van der Waals surface area contributed by atoms with Crippen molar-refractivity contribution in [3.63, 3.8) is 0 Å². The summed E-state index contributed by atoms with van der Waals surface area (Å²) in [5.41, 5.74) is 0.260. The van der Waals surface area contributed by atoms with Gasteiger partial charge in [-0.15, -0.1) is 11.8 Å². The van der Waals surface area contributed by atoms with Crippen LogP contribution in [0.4, 0.5) is 14.5 Å². The molecular formula is C17H14ClF2NO4S. The number of ether oxygens (including phenoxy) is 2. The molecule has 26 heavy (non-hydrogen) atoms. The standard InChI is InChI=1S/C17H14ClF2NO4S/c18-13-8-11(6-7-14(13)25-17(19)20)21-15(22)9-24-16(23)10-26-12-4-2-1-3-5-12/h1-8,17H,9-10H2,(H,21,22). The van der Waals surface area contributed by atoms with E-state index in [-0.39, 0.29) is 22.2 Å². The van der Waals surface area contributed by atoms with E-state index in [1.54, 1.807) is 0 Å². The van der Waals surface area contributed by atoms with Crippen LogP contribution in [-0.2, 0) is 14.3 Å². The van der Waals surface area contributed by atoms with Crippen molar-refractivity contribution in [2.45, 2.75) is 11.5 Å². The molecule has 0 bridgehead atoms. The second-order valence-electron chi connectivity index (χ2n) is 4.83. The SMILES string of the molecule is O=C(COC(=O)CSc1ccccc1)Nc1ccc(OC(F)F)c(Cl)c1. The molecule has 1 N–H and O–H groups in total. The van der Waals surface area contributed by atoms with Gasteiger partial charge in [-0.2, -0.15) is 8.78 Å². The lowest BCUT2D eigenvalue weighted by atomic mass is 10.3. The van der Waals surface area contributed by atoms with Gasteiger partial charge in [-0.05, 0) is 30.3 Å². The molecule has 9 heteroatoms. The maximum absolute atomic E-state index is 12.2. The fourth-order valence-electron chi connectivity index (χ4n) is 1.81. The summed E-state index contributed by atoms with van der Waals surface area (Å²) in [4.78, 5) is 24.3. The molecule has 0 spiro atoms. The van der Waals surface area contributed by atoms with Crippen molar-refractivity contribution in [1.82, 2.24) is 0 Å². The largest absolute Gasteiger partial charge is 0.455 e. The molecule has 2 aromatic rings. The Morgan fingerprint density at radius 2 is 1.88 bits per heavy atom. The normalized spacial score (nSPS) is 10.5. The molecule has 0 atom stereocenters. The lowest BCUT2D eigenvalue weighted by molar-refractivity contribution is -0.144. The van der Waals surface area contributed by atoms with Crippen molar-refractivity contribution < 1.29 is 27.8 Å². The van der Waals surface area contributed by atoms with E-state index in [0.29, 0.717) is 0 Å². The maximum atomic E-state index is 12.2. The van der Waals surface area contributed by atoms with Crippen LogP contribution in [0.3, 0.4) is 0 Å². The van der Waals surface area contributed by atoms with Crippen LogP contribution >= 0.6 is 23.4 Å². The number of hydrogen-bond donors (Lipinski definition) is 1. The Hall–Kier alpha value is -2.32. The van der Waals surface area contributed by atoms with Gasteiger partial charge >= 0.3 is 12.6 Å². The highest BCUT2D eigenvalue weighted by Gasteiger charge is 2.12. The molecule has 0 aliphatic carbocycles. The highest BCUT2D eigenvalue weighted by Crippen LogP contribution is 2.28. The second kappa shape index (κ2) is 9.98. The molecule has 0 fully saturated rings. The minimum Gasteiger partial charge on any atom is -0.455 e. The summed E-state index contributed by atoms with van der Waals surface area (Å²) in [6, 6.07) is 13.1. The summed E-state index contributed by atoms with van der Waals surface area (Å²) >= 11 is 7.08. The van der Waals surface area contributed by atoms with E-state index in [2.05, 4.69) is 10.1 Å². The predicted molar refractivity (Wildman–Crippen MR) is 94.8 cm³/mol. The Labute approximate surface area is 157 Å². The monoisotopic (exact) mass is 401 g/mol. The van der Waals surface area contributed by atoms with Crippen LogP contribution < -0.4 is 10.1 Å². The predicted octanol–water partition coefficient (Wildman–Crippen LogP) is 4.22. The number of alkyl halides is 2. The van der Waals surface area contributed by atoms with Gasteiger partial charge in [-0.1, -0.05) is 29.8 Å². The van der Waals surface area contributed by atoms with Crippen molar-refractivity contribution in [2.24, 2.45) is 0 Å². The number of halogens is 3. The van der Waals surface area contributed by atoms with Gasteiger partial charge < -0.3 is 14.8 Å². The molecule has 0 radical (unpaired) electrons. The van der Waals surface area contributed by atoms with Gasteiger partial charge in [0.1, 0.15) is 5.75 Å². The molecule has 0 saturated carbocycles. The number of thioether (sulfide) groups is 1.